The van der Waals surface area contributed by atoms with E-state index in [1.807, 2.05) is 30.1 Å². The number of nitrogens with one attached hydrogen (secondary N) is 1. The smallest absolute Gasteiger partial charge is 0.123 e. The Labute approximate surface area is 127 Å². The Hall–Kier alpha value is -1.72. The van der Waals surface area contributed by atoms with E-state index in [1.54, 1.807) is 17.4 Å². The van der Waals surface area contributed by atoms with Gasteiger partial charge in [0.2, 0.25) is 0 Å². The van der Waals surface area contributed by atoms with Crippen molar-refractivity contribution >= 4 is 21.4 Å². The number of halogens is 1. The minimum absolute atomic E-state index is 0.184. The minimum Gasteiger partial charge on any atom is -0.309 e. The molecule has 0 aliphatic carbocycles. The molecule has 0 amide bonds. The van der Waals surface area contributed by atoms with Gasteiger partial charge in [-0.1, -0.05) is 6.92 Å². The van der Waals surface area contributed by atoms with Crippen LogP contribution in [0.25, 0.3) is 10.1 Å². The molecule has 21 heavy (non-hydrogen) atoms. The molecule has 110 valence electrons. The maximum atomic E-state index is 13.3. The number of hydrogen-bond donors (Lipinski definition) is 1. The van der Waals surface area contributed by atoms with Crippen molar-refractivity contribution in [1.29, 1.82) is 0 Å². The van der Waals surface area contributed by atoms with E-state index < -0.39 is 0 Å². The van der Waals surface area contributed by atoms with E-state index in [1.165, 1.54) is 10.9 Å². The number of rotatable bonds is 5. The first-order valence-electron chi connectivity index (χ1n) is 7.06. The predicted molar refractivity (Wildman–Crippen MR) is 85.1 cm³/mol. The molecule has 1 unspecified atom stereocenters. The maximum Gasteiger partial charge on any atom is 0.123 e. The van der Waals surface area contributed by atoms with Gasteiger partial charge in [0.25, 0.3) is 0 Å². The molecule has 0 spiro atoms. The Bertz CT molecular complexity index is 747. The molecule has 5 heteroatoms. The molecule has 0 aliphatic heterocycles. The highest BCUT2D eigenvalue weighted by Gasteiger charge is 2.16. The van der Waals surface area contributed by atoms with E-state index in [4.69, 9.17) is 0 Å². The number of likely N-dealkylation sites (N-methyl/N-ethyl adjacent to an activating group) is 1. The first kappa shape index (κ1) is 14.2. The molecule has 3 aromatic rings. The fourth-order valence-corrected chi connectivity index (χ4v) is 3.63. The molecule has 0 radical (unpaired) electrons. The minimum atomic E-state index is -0.184. The molecule has 3 rings (SSSR count). The quantitative estimate of drug-likeness (QED) is 0.779. The summed E-state index contributed by atoms with van der Waals surface area (Å²) in [6.45, 7) is 2.98. The highest BCUT2D eigenvalue weighted by molar-refractivity contribution is 7.19. The lowest BCUT2D eigenvalue weighted by Crippen LogP contribution is -2.22. The molecule has 0 saturated carbocycles. The van der Waals surface area contributed by atoms with Crippen LogP contribution in [0.15, 0.2) is 36.5 Å². The van der Waals surface area contributed by atoms with Crippen LogP contribution in [0, 0.1) is 5.82 Å². The lowest BCUT2D eigenvalue weighted by molar-refractivity contribution is 0.548. The van der Waals surface area contributed by atoms with Gasteiger partial charge < -0.3 is 5.32 Å². The topological polar surface area (TPSA) is 29.9 Å². The molecule has 0 fully saturated rings. The van der Waals surface area contributed by atoms with Crippen molar-refractivity contribution in [2.24, 2.45) is 7.05 Å². The monoisotopic (exact) mass is 303 g/mol. The summed E-state index contributed by atoms with van der Waals surface area (Å²) in [5.41, 5.74) is 1.06. The summed E-state index contributed by atoms with van der Waals surface area (Å²) in [5, 5.41) is 8.92. The lowest BCUT2D eigenvalue weighted by atomic mass is 10.1. The summed E-state index contributed by atoms with van der Waals surface area (Å²) in [7, 11) is 1.92. The van der Waals surface area contributed by atoms with Gasteiger partial charge in [0.1, 0.15) is 5.82 Å². The van der Waals surface area contributed by atoms with Gasteiger partial charge in [-0.3, -0.25) is 4.68 Å². The number of fused-ring (bicyclic) bond motifs is 1. The second kappa shape index (κ2) is 5.95. The average molecular weight is 303 g/mol. The maximum absolute atomic E-state index is 13.3. The Morgan fingerprint density at radius 2 is 2.19 bits per heavy atom. The normalized spacial score (nSPS) is 12.9. The molecule has 0 saturated heterocycles. The zero-order valence-corrected chi connectivity index (χ0v) is 13.0. The Balaban J connectivity index is 1.90. The summed E-state index contributed by atoms with van der Waals surface area (Å²) in [6, 6.07) is 9.30. The van der Waals surface area contributed by atoms with E-state index in [-0.39, 0.29) is 11.9 Å². The number of benzene rings is 1. The van der Waals surface area contributed by atoms with Crippen LogP contribution in [0.5, 0.6) is 0 Å². The van der Waals surface area contributed by atoms with Crippen LogP contribution in [0.4, 0.5) is 4.39 Å². The predicted octanol–water partition coefficient (Wildman–Crippen LogP) is 3.67. The van der Waals surface area contributed by atoms with Crippen LogP contribution in [0.1, 0.15) is 23.5 Å². The standard InChI is InChI=1S/C16H18FN3S/c1-3-18-14(10-13-6-7-20(2)19-13)16-9-11-8-12(17)4-5-15(11)21-16/h4-9,14,18H,3,10H2,1-2H3. The van der Waals surface area contributed by atoms with Crippen LogP contribution in [-0.2, 0) is 13.5 Å². The first-order chi connectivity index (χ1) is 10.2. The number of nitrogens with zero attached hydrogens (tertiary/aromatic N) is 2. The van der Waals surface area contributed by atoms with Gasteiger partial charge >= 0.3 is 0 Å². The molecule has 0 bridgehead atoms. The average Bonchev–Trinajstić information content (AvgIpc) is 3.04. The fourth-order valence-electron chi connectivity index (χ4n) is 2.51. The summed E-state index contributed by atoms with van der Waals surface area (Å²) in [6.07, 6.45) is 2.79. The van der Waals surface area contributed by atoms with Gasteiger partial charge in [-0.05, 0) is 42.3 Å². The summed E-state index contributed by atoms with van der Waals surface area (Å²) >= 11 is 1.72. The zero-order valence-electron chi connectivity index (χ0n) is 12.1. The van der Waals surface area contributed by atoms with Crippen LogP contribution < -0.4 is 5.32 Å². The Kier molecular flexibility index (Phi) is 4.03. The van der Waals surface area contributed by atoms with Crippen molar-refractivity contribution < 1.29 is 4.39 Å². The molecule has 3 nitrogen and oxygen atoms in total. The molecule has 2 heterocycles. The Morgan fingerprint density at radius 1 is 1.33 bits per heavy atom. The highest BCUT2D eigenvalue weighted by Crippen LogP contribution is 2.31. The number of aryl methyl sites for hydroxylation is 1. The molecular weight excluding hydrogens is 285 g/mol. The summed E-state index contributed by atoms with van der Waals surface area (Å²) < 4.78 is 16.3. The van der Waals surface area contributed by atoms with E-state index in [0.29, 0.717) is 0 Å². The van der Waals surface area contributed by atoms with Crippen molar-refractivity contribution in [3.63, 3.8) is 0 Å². The highest BCUT2D eigenvalue weighted by atomic mass is 32.1. The van der Waals surface area contributed by atoms with Crippen molar-refractivity contribution in [3.8, 4) is 0 Å². The van der Waals surface area contributed by atoms with E-state index >= 15 is 0 Å². The largest absolute Gasteiger partial charge is 0.309 e. The van der Waals surface area contributed by atoms with Gasteiger partial charge in [-0.25, -0.2) is 4.39 Å². The second-order valence-corrected chi connectivity index (χ2v) is 6.24. The third kappa shape index (κ3) is 3.14. The number of aromatic nitrogens is 2. The molecular formula is C16H18FN3S. The van der Waals surface area contributed by atoms with E-state index in [0.717, 1.165) is 28.7 Å². The molecule has 0 aliphatic rings. The third-order valence-corrected chi connectivity index (χ3v) is 4.70. The van der Waals surface area contributed by atoms with Crippen molar-refractivity contribution in [2.75, 3.05) is 6.54 Å². The van der Waals surface area contributed by atoms with Crippen molar-refractivity contribution in [1.82, 2.24) is 15.1 Å². The van der Waals surface area contributed by atoms with Crippen LogP contribution in [-0.4, -0.2) is 16.3 Å². The van der Waals surface area contributed by atoms with Crippen LogP contribution in [0.3, 0.4) is 0 Å². The lowest BCUT2D eigenvalue weighted by Gasteiger charge is -2.14. The summed E-state index contributed by atoms with van der Waals surface area (Å²) in [5.74, 6) is -0.184. The van der Waals surface area contributed by atoms with Crippen molar-refractivity contribution in [3.05, 3.63) is 52.9 Å². The number of thiophene rings is 1. The molecule has 1 aromatic carbocycles. The molecule has 1 atom stereocenters. The molecule has 2 aromatic heterocycles. The van der Waals surface area contributed by atoms with Crippen LogP contribution >= 0.6 is 11.3 Å². The van der Waals surface area contributed by atoms with E-state index in [2.05, 4.69) is 23.4 Å². The SMILES string of the molecule is CCNC(Cc1ccn(C)n1)c1cc2cc(F)ccc2s1. The van der Waals surface area contributed by atoms with Gasteiger partial charge in [-0.2, -0.15) is 5.10 Å². The van der Waals surface area contributed by atoms with E-state index in [9.17, 15) is 4.39 Å². The first-order valence-corrected chi connectivity index (χ1v) is 7.88. The van der Waals surface area contributed by atoms with Gasteiger partial charge in [0, 0.05) is 35.3 Å². The third-order valence-electron chi connectivity index (χ3n) is 3.47. The van der Waals surface area contributed by atoms with Crippen LogP contribution in [0.2, 0.25) is 0 Å². The zero-order chi connectivity index (χ0) is 14.8. The second-order valence-electron chi connectivity index (χ2n) is 5.13. The van der Waals surface area contributed by atoms with Gasteiger partial charge in [-0.15, -0.1) is 11.3 Å². The van der Waals surface area contributed by atoms with Gasteiger partial charge in [0.05, 0.1) is 5.69 Å². The molecule has 1 N–H and O–H groups in total. The number of hydrogen-bond acceptors (Lipinski definition) is 3. The Morgan fingerprint density at radius 3 is 2.90 bits per heavy atom. The summed E-state index contributed by atoms with van der Waals surface area (Å²) in [4.78, 5) is 1.23. The van der Waals surface area contributed by atoms with Crippen molar-refractivity contribution in [2.45, 2.75) is 19.4 Å². The van der Waals surface area contributed by atoms with Gasteiger partial charge in [0.15, 0.2) is 0 Å². The fraction of sp³-hybridized carbons (Fsp3) is 0.312.